The van der Waals surface area contributed by atoms with Crippen molar-refractivity contribution in [2.45, 2.75) is 25.7 Å². The highest BCUT2D eigenvalue weighted by Gasteiger charge is 2.14. The van der Waals surface area contributed by atoms with E-state index >= 15 is 0 Å². The molecule has 1 N–H and O–H groups in total. The summed E-state index contributed by atoms with van der Waals surface area (Å²) in [5.74, 6) is 1.21. The highest BCUT2D eigenvalue weighted by atomic mass is 79.9. The number of aryl methyl sites for hydroxylation is 3. The largest absolute Gasteiger partial charge is 0.310 e. The van der Waals surface area contributed by atoms with Gasteiger partial charge in [0.2, 0.25) is 5.91 Å². The lowest BCUT2D eigenvalue weighted by atomic mass is 10.4. The smallest absolute Gasteiger partial charge is 0.252 e. The van der Waals surface area contributed by atoms with Gasteiger partial charge in [0.25, 0.3) is 5.95 Å². The van der Waals surface area contributed by atoms with E-state index in [-0.39, 0.29) is 5.91 Å². The van der Waals surface area contributed by atoms with E-state index in [2.05, 4.69) is 36.3 Å². The van der Waals surface area contributed by atoms with Gasteiger partial charge < -0.3 is 5.32 Å². The number of rotatable bonds is 5. The Morgan fingerprint density at radius 3 is 2.38 bits per heavy atom. The average Bonchev–Trinajstić information content (AvgIpc) is 2.94. The van der Waals surface area contributed by atoms with Crippen LogP contribution in [0.25, 0.3) is 5.95 Å². The molecule has 0 saturated heterocycles. The van der Waals surface area contributed by atoms with E-state index in [9.17, 15) is 4.79 Å². The molecule has 0 spiro atoms. The van der Waals surface area contributed by atoms with Gasteiger partial charge in [0.15, 0.2) is 0 Å². The van der Waals surface area contributed by atoms with Crippen LogP contribution in [0.15, 0.2) is 45.8 Å². The number of hydrogen-bond acceptors (Lipinski definition) is 5. The number of halogens is 1. The molecular formula is C18H18BrN5OS. The van der Waals surface area contributed by atoms with E-state index in [0.29, 0.717) is 17.5 Å². The fourth-order valence-electron chi connectivity index (χ4n) is 2.40. The number of aromatic nitrogens is 4. The molecular weight excluding hydrogens is 414 g/mol. The number of nitrogens with zero attached hydrogens (tertiary/aromatic N) is 4. The number of nitrogens with one attached hydrogen (secondary N) is 1. The monoisotopic (exact) mass is 431 g/mol. The molecule has 2 aromatic heterocycles. The summed E-state index contributed by atoms with van der Waals surface area (Å²) in [5, 5.41) is 7.31. The first kappa shape index (κ1) is 18.6. The second-order valence-electron chi connectivity index (χ2n) is 5.82. The molecule has 0 aliphatic rings. The standard InChI is InChI=1S/C18H18BrN5OS/c1-11-8-12(2)21-18(20-11)24-16(9-13(3)23-24)22-17(25)10-26-15-6-4-14(19)5-7-15/h4-9H,10H2,1-3H3,(H,22,25). The van der Waals surface area contributed by atoms with Crippen molar-refractivity contribution in [3.63, 3.8) is 0 Å². The SMILES string of the molecule is Cc1cc(C)nc(-n2nc(C)cc2NC(=O)CSc2ccc(Br)cc2)n1. The van der Waals surface area contributed by atoms with E-state index in [1.165, 1.54) is 11.8 Å². The van der Waals surface area contributed by atoms with E-state index in [0.717, 1.165) is 26.4 Å². The molecule has 8 heteroatoms. The first-order chi connectivity index (χ1) is 12.4. The van der Waals surface area contributed by atoms with Crippen molar-refractivity contribution in [3.05, 3.63) is 58.0 Å². The first-order valence-electron chi connectivity index (χ1n) is 7.98. The molecule has 0 aliphatic carbocycles. The van der Waals surface area contributed by atoms with E-state index in [1.54, 1.807) is 4.68 Å². The van der Waals surface area contributed by atoms with Gasteiger partial charge in [-0.25, -0.2) is 9.97 Å². The molecule has 6 nitrogen and oxygen atoms in total. The zero-order valence-corrected chi connectivity index (χ0v) is 17.1. The second-order valence-corrected chi connectivity index (χ2v) is 7.79. The third kappa shape index (κ3) is 4.70. The summed E-state index contributed by atoms with van der Waals surface area (Å²) in [6.45, 7) is 5.68. The summed E-state index contributed by atoms with van der Waals surface area (Å²) in [5.41, 5.74) is 2.48. The highest BCUT2D eigenvalue weighted by Crippen LogP contribution is 2.21. The molecule has 3 aromatic rings. The summed E-state index contributed by atoms with van der Waals surface area (Å²) in [4.78, 5) is 22.2. The van der Waals surface area contributed by atoms with Gasteiger partial charge >= 0.3 is 0 Å². The van der Waals surface area contributed by atoms with Gasteiger partial charge in [-0.05, 0) is 51.1 Å². The minimum atomic E-state index is -0.108. The quantitative estimate of drug-likeness (QED) is 0.616. The summed E-state index contributed by atoms with van der Waals surface area (Å²) >= 11 is 4.88. The van der Waals surface area contributed by atoms with Crippen LogP contribution in [0.2, 0.25) is 0 Å². The zero-order chi connectivity index (χ0) is 18.7. The molecule has 1 amide bonds. The topological polar surface area (TPSA) is 72.7 Å². The summed E-state index contributed by atoms with van der Waals surface area (Å²) in [6, 6.07) is 11.6. The van der Waals surface area contributed by atoms with Crippen LogP contribution < -0.4 is 5.32 Å². The maximum Gasteiger partial charge on any atom is 0.252 e. The van der Waals surface area contributed by atoms with Gasteiger partial charge in [0.1, 0.15) is 5.82 Å². The van der Waals surface area contributed by atoms with Crippen LogP contribution in [-0.4, -0.2) is 31.4 Å². The van der Waals surface area contributed by atoms with Crippen molar-refractivity contribution in [3.8, 4) is 5.95 Å². The van der Waals surface area contributed by atoms with Gasteiger partial charge in [-0.3, -0.25) is 4.79 Å². The number of benzene rings is 1. The molecule has 0 aliphatic heterocycles. The number of anilines is 1. The van der Waals surface area contributed by atoms with Crippen molar-refractivity contribution in [2.24, 2.45) is 0 Å². The van der Waals surface area contributed by atoms with Crippen molar-refractivity contribution in [1.29, 1.82) is 0 Å². The van der Waals surface area contributed by atoms with Crippen LogP contribution in [0.5, 0.6) is 0 Å². The van der Waals surface area contributed by atoms with Crippen LogP contribution in [-0.2, 0) is 4.79 Å². The van der Waals surface area contributed by atoms with Crippen LogP contribution in [0.3, 0.4) is 0 Å². The number of thioether (sulfide) groups is 1. The number of carbonyl (C=O) groups excluding carboxylic acids is 1. The Balaban J connectivity index is 1.73. The summed E-state index contributed by atoms with van der Waals surface area (Å²) in [6.07, 6.45) is 0. The summed E-state index contributed by atoms with van der Waals surface area (Å²) in [7, 11) is 0. The second kappa shape index (κ2) is 8.01. The van der Waals surface area contributed by atoms with Gasteiger partial charge in [0, 0.05) is 26.8 Å². The van der Waals surface area contributed by atoms with Gasteiger partial charge in [-0.2, -0.15) is 9.78 Å². The Morgan fingerprint density at radius 2 is 1.73 bits per heavy atom. The lowest BCUT2D eigenvalue weighted by Crippen LogP contribution is -2.18. The first-order valence-corrected chi connectivity index (χ1v) is 9.76. The van der Waals surface area contributed by atoms with E-state index in [4.69, 9.17) is 0 Å². The lowest BCUT2D eigenvalue weighted by Gasteiger charge is -2.09. The molecule has 0 saturated carbocycles. The van der Waals surface area contributed by atoms with Crippen molar-refractivity contribution in [1.82, 2.24) is 19.7 Å². The van der Waals surface area contributed by atoms with Crippen molar-refractivity contribution >= 4 is 39.4 Å². The van der Waals surface area contributed by atoms with Crippen molar-refractivity contribution < 1.29 is 4.79 Å². The van der Waals surface area contributed by atoms with Gasteiger partial charge in [-0.15, -0.1) is 11.8 Å². The molecule has 0 atom stereocenters. The maximum atomic E-state index is 12.4. The summed E-state index contributed by atoms with van der Waals surface area (Å²) < 4.78 is 2.58. The van der Waals surface area contributed by atoms with Crippen LogP contribution in [0.4, 0.5) is 5.82 Å². The molecule has 134 valence electrons. The normalized spacial score (nSPS) is 10.8. The fraction of sp³-hybridized carbons (Fsp3) is 0.222. The van der Waals surface area contributed by atoms with Crippen LogP contribution in [0, 0.1) is 20.8 Å². The predicted octanol–water partition coefficient (Wildman–Crippen LogP) is 4.08. The molecule has 0 fully saturated rings. The molecule has 2 heterocycles. The van der Waals surface area contributed by atoms with Crippen molar-refractivity contribution in [2.75, 3.05) is 11.1 Å². The molecule has 0 radical (unpaired) electrons. The van der Waals surface area contributed by atoms with E-state index < -0.39 is 0 Å². The minimum Gasteiger partial charge on any atom is -0.310 e. The third-order valence-electron chi connectivity index (χ3n) is 3.44. The third-order valence-corrected chi connectivity index (χ3v) is 4.98. The fourth-order valence-corrected chi connectivity index (χ4v) is 3.36. The number of carbonyl (C=O) groups is 1. The van der Waals surface area contributed by atoms with E-state index in [1.807, 2.05) is 57.2 Å². The minimum absolute atomic E-state index is 0.108. The van der Waals surface area contributed by atoms with Gasteiger partial charge in [-0.1, -0.05) is 15.9 Å². The average molecular weight is 432 g/mol. The highest BCUT2D eigenvalue weighted by molar-refractivity contribution is 9.10. The molecule has 26 heavy (non-hydrogen) atoms. The predicted molar refractivity (Wildman–Crippen MR) is 107 cm³/mol. The Hall–Kier alpha value is -2.19. The van der Waals surface area contributed by atoms with Crippen LogP contribution in [0.1, 0.15) is 17.1 Å². The Morgan fingerprint density at radius 1 is 1.08 bits per heavy atom. The Labute approximate surface area is 164 Å². The maximum absolute atomic E-state index is 12.4. The molecule has 0 unspecified atom stereocenters. The number of amides is 1. The number of hydrogen-bond donors (Lipinski definition) is 1. The molecule has 0 bridgehead atoms. The zero-order valence-electron chi connectivity index (χ0n) is 14.7. The van der Waals surface area contributed by atoms with Crippen LogP contribution >= 0.6 is 27.7 Å². The van der Waals surface area contributed by atoms with Gasteiger partial charge in [0.05, 0.1) is 11.4 Å². The molecule has 3 rings (SSSR count). The molecule has 1 aromatic carbocycles. The lowest BCUT2D eigenvalue weighted by molar-refractivity contribution is -0.113. The Bertz CT molecular complexity index is 919. The Kier molecular flexibility index (Phi) is 5.73.